The van der Waals surface area contributed by atoms with Crippen LogP contribution in [0.5, 0.6) is 0 Å². The average Bonchev–Trinajstić information content (AvgIpc) is 3.13. The molecule has 130 valence electrons. The van der Waals surface area contributed by atoms with Crippen molar-refractivity contribution >= 4 is 22.4 Å². The van der Waals surface area contributed by atoms with Gasteiger partial charge in [-0.1, -0.05) is 48.0 Å². The lowest BCUT2D eigenvalue weighted by atomic mass is 9.93. The number of allylic oxidation sites excluding steroid dienone is 2. The van der Waals surface area contributed by atoms with Crippen molar-refractivity contribution in [2.75, 3.05) is 0 Å². The molecule has 2 aromatic carbocycles. The Kier molecular flexibility index (Phi) is 3.50. The highest BCUT2D eigenvalue weighted by Crippen LogP contribution is 2.31. The van der Waals surface area contributed by atoms with Gasteiger partial charge in [0.2, 0.25) is 0 Å². The maximum Gasteiger partial charge on any atom is 0.278 e. The third-order valence-corrected chi connectivity index (χ3v) is 5.02. The average molecular weight is 351 g/mol. The number of hydrogen-bond donors (Lipinski definition) is 0. The SMILES string of the molecule is CC1=C(c2ccc3ncccc3c2)C(=O)n2nc(-c3ccccc3)cc2C1. The Balaban J connectivity index is 1.59. The Labute approximate surface area is 156 Å². The van der Waals surface area contributed by atoms with E-state index in [1.165, 1.54) is 0 Å². The summed E-state index contributed by atoms with van der Waals surface area (Å²) >= 11 is 0. The molecule has 0 fully saturated rings. The zero-order valence-electron chi connectivity index (χ0n) is 14.9. The third-order valence-electron chi connectivity index (χ3n) is 5.02. The van der Waals surface area contributed by atoms with Gasteiger partial charge in [-0.2, -0.15) is 9.78 Å². The molecule has 0 saturated carbocycles. The van der Waals surface area contributed by atoms with Crippen LogP contribution in [0.3, 0.4) is 0 Å². The number of benzene rings is 2. The van der Waals surface area contributed by atoms with Crippen LogP contribution < -0.4 is 0 Å². The number of pyridine rings is 1. The first-order valence-corrected chi connectivity index (χ1v) is 8.95. The van der Waals surface area contributed by atoms with Crippen molar-refractivity contribution in [3.05, 3.63) is 89.8 Å². The van der Waals surface area contributed by atoms with Crippen LogP contribution in [0.2, 0.25) is 0 Å². The summed E-state index contributed by atoms with van der Waals surface area (Å²) < 4.78 is 1.55. The lowest BCUT2D eigenvalue weighted by Crippen LogP contribution is -2.23. The fourth-order valence-electron chi connectivity index (χ4n) is 3.72. The first kappa shape index (κ1) is 15.7. The summed E-state index contributed by atoms with van der Waals surface area (Å²) in [6.45, 7) is 2.03. The highest BCUT2D eigenvalue weighted by atomic mass is 16.2. The predicted octanol–water partition coefficient (Wildman–Crippen LogP) is 4.77. The minimum Gasteiger partial charge on any atom is -0.267 e. The maximum atomic E-state index is 13.2. The van der Waals surface area contributed by atoms with Crippen LogP contribution in [0.15, 0.2) is 78.5 Å². The summed E-state index contributed by atoms with van der Waals surface area (Å²) in [7, 11) is 0. The Hall–Kier alpha value is -3.53. The molecule has 0 unspecified atom stereocenters. The predicted molar refractivity (Wildman–Crippen MR) is 106 cm³/mol. The van der Waals surface area contributed by atoms with E-state index in [1.54, 1.807) is 10.9 Å². The summed E-state index contributed by atoms with van der Waals surface area (Å²) in [5.74, 6) is -0.0702. The quantitative estimate of drug-likeness (QED) is 0.523. The second-order valence-corrected chi connectivity index (χ2v) is 6.85. The number of fused-ring (bicyclic) bond motifs is 2. The van der Waals surface area contributed by atoms with Gasteiger partial charge in [0.15, 0.2) is 0 Å². The molecule has 27 heavy (non-hydrogen) atoms. The van der Waals surface area contributed by atoms with Crippen LogP contribution in [0.4, 0.5) is 0 Å². The van der Waals surface area contributed by atoms with Crippen LogP contribution in [0.1, 0.15) is 23.0 Å². The molecule has 0 N–H and O–H groups in total. The highest BCUT2D eigenvalue weighted by molar-refractivity contribution is 6.22. The molecule has 0 amide bonds. The van der Waals surface area contributed by atoms with Crippen molar-refractivity contribution in [3.8, 4) is 11.3 Å². The second kappa shape index (κ2) is 6.02. The van der Waals surface area contributed by atoms with Gasteiger partial charge in [-0.15, -0.1) is 0 Å². The summed E-state index contributed by atoms with van der Waals surface area (Å²) in [5, 5.41) is 5.62. The van der Waals surface area contributed by atoms with Crippen molar-refractivity contribution in [3.63, 3.8) is 0 Å². The van der Waals surface area contributed by atoms with E-state index in [0.717, 1.165) is 44.6 Å². The second-order valence-electron chi connectivity index (χ2n) is 6.85. The Bertz CT molecular complexity index is 1220. The van der Waals surface area contributed by atoms with Crippen LogP contribution in [-0.2, 0) is 6.42 Å². The monoisotopic (exact) mass is 351 g/mol. The van der Waals surface area contributed by atoms with E-state index in [9.17, 15) is 4.79 Å². The van der Waals surface area contributed by atoms with Gasteiger partial charge >= 0.3 is 0 Å². The van der Waals surface area contributed by atoms with Gasteiger partial charge in [-0.25, -0.2) is 0 Å². The van der Waals surface area contributed by atoms with Gasteiger partial charge in [-0.3, -0.25) is 9.78 Å². The first-order valence-electron chi connectivity index (χ1n) is 8.95. The summed E-state index contributed by atoms with van der Waals surface area (Å²) in [4.78, 5) is 17.6. The molecule has 1 aliphatic rings. The van der Waals surface area contributed by atoms with E-state index in [-0.39, 0.29) is 5.91 Å². The van der Waals surface area contributed by atoms with Gasteiger partial charge in [0.05, 0.1) is 16.9 Å². The van der Waals surface area contributed by atoms with E-state index in [0.29, 0.717) is 6.42 Å². The number of nitrogens with zero attached hydrogens (tertiary/aromatic N) is 3. The van der Waals surface area contributed by atoms with Crippen molar-refractivity contribution in [1.82, 2.24) is 14.8 Å². The van der Waals surface area contributed by atoms with E-state index >= 15 is 0 Å². The Morgan fingerprint density at radius 2 is 1.78 bits per heavy atom. The standard InChI is InChI=1S/C23H17N3O/c1-15-12-19-14-21(16-6-3-2-4-7-16)25-26(19)23(27)22(15)18-9-10-20-17(13-18)8-5-11-24-20/h2-11,13-14H,12H2,1H3. The molecular formula is C23H17N3O. The highest BCUT2D eigenvalue weighted by Gasteiger charge is 2.27. The van der Waals surface area contributed by atoms with Crippen molar-refractivity contribution in [2.45, 2.75) is 13.3 Å². The van der Waals surface area contributed by atoms with Gasteiger partial charge in [0, 0.05) is 29.1 Å². The molecule has 4 nitrogen and oxygen atoms in total. The van der Waals surface area contributed by atoms with Gasteiger partial charge in [0.25, 0.3) is 5.91 Å². The molecule has 4 heteroatoms. The van der Waals surface area contributed by atoms with Crippen molar-refractivity contribution in [1.29, 1.82) is 0 Å². The molecule has 0 bridgehead atoms. The summed E-state index contributed by atoms with van der Waals surface area (Å²) in [6, 6.07) is 21.9. The fraction of sp³-hybridized carbons (Fsp3) is 0.0870. The molecule has 0 aliphatic carbocycles. The van der Waals surface area contributed by atoms with Crippen molar-refractivity contribution < 1.29 is 4.79 Å². The number of aromatic nitrogens is 3. The van der Waals surface area contributed by atoms with Crippen molar-refractivity contribution in [2.24, 2.45) is 0 Å². The number of hydrogen-bond acceptors (Lipinski definition) is 3. The van der Waals surface area contributed by atoms with Crippen LogP contribution in [0, 0.1) is 0 Å². The molecule has 5 rings (SSSR count). The number of rotatable bonds is 2. The van der Waals surface area contributed by atoms with E-state index in [4.69, 9.17) is 0 Å². The number of carbonyl (C=O) groups excluding carboxylic acids is 1. The number of carbonyl (C=O) groups is 1. The van der Waals surface area contributed by atoms with Crippen LogP contribution >= 0.6 is 0 Å². The Morgan fingerprint density at radius 3 is 2.63 bits per heavy atom. The summed E-state index contributed by atoms with van der Waals surface area (Å²) in [6.07, 6.45) is 2.49. The normalized spacial score (nSPS) is 13.9. The lowest BCUT2D eigenvalue weighted by molar-refractivity contribution is 0.0958. The molecule has 1 aliphatic heterocycles. The topological polar surface area (TPSA) is 47.8 Å². The molecule has 0 spiro atoms. The molecular weight excluding hydrogens is 334 g/mol. The Morgan fingerprint density at radius 1 is 0.926 bits per heavy atom. The third kappa shape index (κ3) is 2.57. The van der Waals surface area contributed by atoms with Gasteiger partial charge in [0.1, 0.15) is 0 Å². The van der Waals surface area contributed by atoms with E-state index in [1.807, 2.05) is 73.7 Å². The van der Waals surface area contributed by atoms with Gasteiger partial charge < -0.3 is 0 Å². The molecule has 3 heterocycles. The van der Waals surface area contributed by atoms with E-state index in [2.05, 4.69) is 10.1 Å². The first-order chi connectivity index (χ1) is 13.2. The van der Waals surface area contributed by atoms with E-state index < -0.39 is 0 Å². The van der Waals surface area contributed by atoms with Crippen LogP contribution in [0.25, 0.3) is 27.7 Å². The zero-order valence-corrected chi connectivity index (χ0v) is 14.9. The smallest absolute Gasteiger partial charge is 0.267 e. The minimum absolute atomic E-state index is 0.0702. The molecule has 0 atom stereocenters. The fourth-order valence-corrected chi connectivity index (χ4v) is 3.72. The molecule has 4 aromatic rings. The maximum absolute atomic E-state index is 13.2. The van der Waals surface area contributed by atoms with Crippen LogP contribution in [-0.4, -0.2) is 20.7 Å². The largest absolute Gasteiger partial charge is 0.278 e. The van der Waals surface area contributed by atoms with Gasteiger partial charge in [-0.05, 0) is 36.8 Å². The zero-order chi connectivity index (χ0) is 18.4. The lowest BCUT2D eigenvalue weighted by Gasteiger charge is -2.18. The molecule has 0 saturated heterocycles. The minimum atomic E-state index is -0.0702. The summed E-state index contributed by atoms with van der Waals surface area (Å²) in [5.41, 5.74) is 6.42. The molecule has 2 aromatic heterocycles. The molecule has 0 radical (unpaired) electrons.